The smallest absolute Gasteiger partial charge is 0.374 e. The van der Waals surface area contributed by atoms with Gasteiger partial charge in [-0.15, -0.1) is 0 Å². The van der Waals surface area contributed by atoms with E-state index >= 15 is 0 Å². The molecule has 0 aliphatic carbocycles. The summed E-state index contributed by atoms with van der Waals surface area (Å²) in [4.78, 5) is 18.9. The monoisotopic (exact) mass is 590 g/mol. The third-order valence-electron chi connectivity index (χ3n) is 6.62. The summed E-state index contributed by atoms with van der Waals surface area (Å²) in [6.45, 7) is 3.30. The second kappa shape index (κ2) is 16.2. The molecular weight excluding hydrogens is 552 g/mol. The molecule has 4 atom stereocenters. The van der Waals surface area contributed by atoms with Crippen molar-refractivity contribution >= 4 is 29.0 Å². The second-order valence-corrected chi connectivity index (χ2v) is 10.4. The lowest BCUT2D eigenvalue weighted by molar-refractivity contribution is -0.135. The first-order valence-corrected chi connectivity index (χ1v) is 14.4. The van der Waals surface area contributed by atoms with Crippen molar-refractivity contribution in [2.45, 2.75) is 51.2 Å². The highest BCUT2D eigenvalue weighted by Gasteiger charge is 2.48. The second-order valence-electron chi connectivity index (χ2n) is 10.0. The Morgan fingerprint density at radius 1 is 0.810 bits per heavy atom. The van der Waals surface area contributed by atoms with Crippen molar-refractivity contribution in [3.63, 3.8) is 0 Å². The van der Waals surface area contributed by atoms with E-state index in [1.165, 1.54) is 0 Å². The van der Waals surface area contributed by atoms with Crippen LogP contribution in [-0.2, 0) is 48.3 Å². The molecule has 0 amide bonds. The molecular formula is C33H38N2O6S. The van der Waals surface area contributed by atoms with Gasteiger partial charge in [0.25, 0.3) is 0 Å². The molecule has 0 bridgehead atoms. The number of nitrogens with zero attached hydrogens (tertiary/aromatic N) is 2. The van der Waals surface area contributed by atoms with Crippen LogP contribution in [0.1, 0.15) is 23.6 Å². The topological polar surface area (TPSA) is 78.8 Å². The molecule has 0 saturated carbocycles. The number of thiocarbonyl (C=S) groups is 1. The van der Waals surface area contributed by atoms with Gasteiger partial charge in [-0.2, -0.15) is 0 Å². The molecule has 222 valence electrons. The Morgan fingerprint density at radius 3 is 1.81 bits per heavy atom. The number of carbonyl (C=O) groups is 1. The standard InChI is InChI=1S/C33H38N2O6S/c1-4-38-33(36)31(35(2)3)34-32(42)30-29(40-22-26-18-12-7-13-19-26)28(39-21-25-16-10-6-11-17-25)27(41-30)23-37-20-24-14-8-5-9-15-24/h5-19,27-30H,4,20-23H2,1-3H3/b34-31-/t27-,28-,29-,30-/m1/s1. The fourth-order valence-electron chi connectivity index (χ4n) is 4.54. The van der Waals surface area contributed by atoms with E-state index in [2.05, 4.69) is 4.99 Å². The largest absolute Gasteiger partial charge is 0.460 e. The maximum Gasteiger partial charge on any atom is 0.374 e. The van der Waals surface area contributed by atoms with Gasteiger partial charge in [0.2, 0.25) is 5.84 Å². The first-order valence-electron chi connectivity index (χ1n) is 14.0. The van der Waals surface area contributed by atoms with E-state index in [4.69, 9.17) is 35.9 Å². The van der Waals surface area contributed by atoms with Crippen LogP contribution in [0.2, 0.25) is 0 Å². The van der Waals surface area contributed by atoms with Gasteiger partial charge in [-0.3, -0.25) is 0 Å². The Bertz CT molecular complexity index is 1290. The number of aliphatic imine (C=N–C) groups is 1. The summed E-state index contributed by atoms with van der Waals surface area (Å²) in [6.07, 6.45) is -2.39. The van der Waals surface area contributed by atoms with Gasteiger partial charge in [0.05, 0.1) is 33.0 Å². The number of carbonyl (C=O) groups excluding carboxylic acids is 1. The van der Waals surface area contributed by atoms with Crippen molar-refractivity contribution in [3.8, 4) is 0 Å². The number of rotatable bonds is 12. The summed E-state index contributed by atoms with van der Waals surface area (Å²) in [5.41, 5.74) is 3.07. The highest BCUT2D eigenvalue weighted by molar-refractivity contribution is 7.80. The predicted molar refractivity (Wildman–Crippen MR) is 165 cm³/mol. The summed E-state index contributed by atoms with van der Waals surface area (Å²) in [6, 6.07) is 29.7. The summed E-state index contributed by atoms with van der Waals surface area (Å²) in [7, 11) is 3.42. The predicted octanol–water partition coefficient (Wildman–Crippen LogP) is 4.99. The van der Waals surface area contributed by atoms with Crippen LogP contribution >= 0.6 is 12.2 Å². The van der Waals surface area contributed by atoms with Crippen LogP contribution in [0.4, 0.5) is 0 Å². The van der Waals surface area contributed by atoms with Gasteiger partial charge >= 0.3 is 5.97 Å². The van der Waals surface area contributed by atoms with Gasteiger partial charge in [-0.25, -0.2) is 9.79 Å². The van der Waals surface area contributed by atoms with Crippen LogP contribution < -0.4 is 0 Å². The first kappa shape index (κ1) is 31.5. The van der Waals surface area contributed by atoms with Crippen molar-refractivity contribution in [3.05, 3.63) is 108 Å². The Morgan fingerprint density at radius 2 is 1.31 bits per heavy atom. The maximum atomic E-state index is 12.6. The van der Waals surface area contributed by atoms with Crippen molar-refractivity contribution < 1.29 is 28.5 Å². The number of benzene rings is 3. The molecule has 0 spiro atoms. The highest BCUT2D eigenvalue weighted by Crippen LogP contribution is 2.30. The van der Waals surface area contributed by atoms with E-state index < -0.39 is 30.4 Å². The van der Waals surface area contributed by atoms with Crippen LogP contribution in [-0.4, -0.2) is 73.4 Å². The molecule has 0 unspecified atom stereocenters. The fourth-order valence-corrected chi connectivity index (χ4v) is 4.81. The number of likely N-dealkylation sites (N-methyl/N-ethyl adjacent to an activating group) is 1. The van der Waals surface area contributed by atoms with Gasteiger partial charge in [0.15, 0.2) is 0 Å². The molecule has 0 N–H and O–H groups in total. The summed E-state index contributed by atoms with van der Waals surface area (Å²) >= 11 is 5.77. The Hall–Kier alpha value is -3.47. The molecule has 1 heterocycles. The van der Waals surface area contributed by atoms with Crippen molar-refractivity contribution in [2.75, 3.05) is 27.3 Å². The van der Waals surface area contributed by atoms with E-state index in [1.54, 1.807) is 25.9 Å². The van der Waals surface area contributed by atoms with Gasteiger partial charge < -0.3 is 28.6 Å². The van der Waals surface area contributed by atoms with Crippen molar-refractivity contribution in [2.24, 2.45) is 4.99 Å². The zero-order valence-electron chi connectivity index (χ0n) is 24.3. The Balaban J connectivity index is 1.60. The molecule has 42 heavy (non-hydrogen) atoms. The number of hydrogen-bond acceptors (Lipinski definition) is 7. The van der Waals surface area contributed by atoms with Gasteiger partial charge in [-0.1, -0.05) is 103 Å². The SMILES string of the molecule is CCOC(=O)/C(=N/C(=S)[C@@H]1O[C@H](COCc2ccccc2)[C@@H](OCc2ccccc2)[C@H]1OCc1ccccc1)N(C)C. The molecule has 9 heteroatoms. The number of hydrogen-bond donors (Lipinski definition) is 0. The lowest BCUT2D eigenvalue weighted by Gasteiger charge is -2.25. The lowest BCUT2D eigenvalue weighted by Crippen LogP contribution is -2.41. The highest BCUT2D eigenvalue weighted by atomic mass is 32.1. The molecule has 1 aliphatic heterocycles. The van der Waals surface area contributed by atoms with E-state index in [1.807, 2.05) is 91.0 Å². The van der Waals surface area contributed by atoms with Crippen LogP contribution in [0.25, 0.3) is 0 Å². The Kier molecular flexibility index (Phi) is 12.2. The molecule has 0 radical (unpaired) electrons. The number of amidine groups is 1. The van der Waals surface area contributed by atoms with E-state index in [9.17, 15) is 4.79 Å². The van der Waals surface area contributed by atoms with Crippen LogP contribution in [0.3, 0.4) is 0 Å². The minimum Gasteiger partial charge on any atom is -0.460 e. The fraction of sp³-hybridized carbons (Fsp3) is 0.364. The van der Waals surface area contributed by atoms with Crippen LogP contribution in [0.15, 0.2) is 96.0 Å². The summed E-state index contributed by atoms with van der Waals surface area (Å²) in [5.74, 6) is -0.484. The average molecular weight is 591 g/mol. The molecule has 3 aromatic carbocycles. The molecule has 1 fully saturated rings. The van der Waals surface area contributed by atoms with Crippen molar-refractivity contribution in [1.29, 1.82) is 0 Å². The molecule has 3 aromatic rings. The first-order chi connectivity index (χ1) is 20.5. The van der Waals surface area contributed by atoms with Crippen LogP contribution in [0, 0.1) is 0 Å². The molecule has 1 saturated heterocycles. The zero-order valence-corrected chi connectivity index (χ0v) is 25.1. The third-order valence-corrected chi connectivity index (χ3v) is 6.94. The van der Waals surface area contributed by atoms with Gasteiger partial charge in [-0.05, 0) is 23.6 Å². The minimum atomic E-state index is -0.765. The maximum absolute atomic E-state index is 12.6. The lowest BCUT2D eigenvalue weighted by atomic mass is 10.1. The summed E-state index contributed by atoms with van der Waals surface area (Å²) in [5, 5.41) is 0. The molecule has 1 aliphatic rings. The number of ether oxygens (including phenoxy) is 5. The third kappa shape index (κ3) is 9.01. The molecule has 4 rings (SSSR count). The minimum absolute atomic E-state index is 0.0813. The van der Waals surface area contributed by atoms with E-state index in [0.717, 1.165) is 16.7 Å². The normalized spacial score (nSPS) is 20.3. The molecule has 8 nitrogen and oxygen atoms in total. The Labute approximate surface area is 253 Å². The van der Waals surface area contributed by atoms with E-state index in [0.29, 0.717) is 19.8 Å². The molecule has 0 aromatic heterocycles. The van der Waals surface area contributed by atoms with E-state index in [-0.39, 0.29) is 24.0 Å². The average Bonchev–Trinajstić information content (AvgIpc) is 3.36. The zero-order chi connectivity index (χ0) is 29.7. The number of esters is 1. The quantitative estimate of drug-likeness (QED) is 0.126. The summed E-state index contributed by atoms with van der Waals surface area (Å²) < 4.78 is 30.7. The van der Waals surface area contributed by atoms with Crippen molar-refractivity contribution in [1.82, 2.24) is 4.90 Å². The van der Waals surface area contributed by atoms with Gasteiger partial charge in [0.1, 0.15) is 29.4 Å². The van der Waals surface area contributed by atoms with Crippen LogP contribution in [0.5, 0.6) is 0 Å². The van der Waals surface area contributed by atoms with Gasteiger partial charge in [0, 0.05) is 14.1 Å².